The Bertz CT molecular complexity index is 378. The molecule has 1 aliphatic heterocycles. The molecule has 0 saturated carbocycles. The number of hydrogen-bond acceptors (Lipinski definition) is 3. The van der Waals surface area contributed by atoms with E-state index < -0.39 is 18.0 Å². The second-order valence-electron chi connectivity index (χ2n) is 5.76. The maximum absolute atomic E-state index is 11.8. The first kappa shape index (κ1) is 17.3. The zero-order valence-corrected chi connectivity index (χ0v) is 12.7. The van der Waals surface area contributed by atoms with Gasteiger partial charge < -0.3 is 20.6 Å². The monoisotopic (exact) mass is 299 g/mol. The van der Waals surface area contributed by atoms with Crippen molar-refractivity contribution in [3.8, 4) is 0 Å². The Kier molecular flexibility index (Phi) is 6.98. The quantitative estimate of drug-likeness (QED) is 0.647. The van der Waals surface area contributed by atoms with E-state index in [0.717, 1.165) is 25.9 Å². The average molecular weight is 299 g/mol. The number of amides is 3. The summed E-state index contributed by atoms with van der Waals surface area (Å²) in [6.45, 7) is 5.59. The Morgan fingerprint density at radius 2 is 1.81 bits per heavy atom. The number of carboxylic acids is 1. The van der Waals surface area contributed by atoms with Crippen LogP contribution >= 0.6 is 0 Å². The number of carboxylic acid groups (broad SMARTS) is 1. The summed E-state index contributed by atoms with van der Waals surface area (Å²) in [6.07, 6.45) is 2.69. The topological polar surface area (TPSA) is 98.7 Å². The van der Waals surface area contributed by atoms with Crippen LogP contribution in [0, 0.1) is 5.92 Å². The van der Waals surface area contributed by atoms with Crippen LogP contribution in [-0.2, 0) is 9.59 Å². The molecule has 0 aromatic heterocycles. The fraction of sp³-hybridized carbons (Fsp3) is 0.786. The Morgan fingerprint density at radius 1 is 1.19 bits per heavy atom. The van der Waals surface area contributed by atoms with Crippen molar-refractivity contribution in [3.63, 3.8) is 0 Å². The lowest BCUT2D eigenvalue weighted by atomic mass is 10.0. The summed E-state index contributed by atoms with van der Waals surface area (Å²) in [7, 11) is 0. The number of carbonyl (C=O) groups is 3. The molecule has 0 aromatic carbocycles. The van der Waals surface area contributed by atoms with E-state index in [2.05, 4.69) is 10.6 Å². The molecule has 21 heavy (non-hydrogen) atoms. The summed E-state index contributed by atoms with van der Waals surface area (Å²) in [4.78, 5) is 36.2. The molecular formula is C14H25N3O4. The molecular weight excluding hydrogens is 274 g/mol. The van der Waals surface area contributed by atoms with E-state index in [1.54, 1.807) is 4.90 Å². The number of nitrogens with one attached hydrogen (secondary N) is 2. The first-order valence-electron chi connectivity index (χ1n) is 7.45. The van der Waals surface area contributed by atoms with E-state index >= 15 is 0 Å². The summed E-state index contributed by atoms with van der Waals surface area (Å²) < 4.78 is 0. The predicted octanol–water partition coefficient (Wildman–Crippen LogP) is 0.797. The zero-order chi connectivity index (χ0) is 15.8. The largest absolute Gasteiger partial charge is 0.480 e. The van der Waals surface area contributed by atoms with Gasteiger partial charge in [-0.25, -0.2) is 9.59 Å². The van der Waals surface area contributed by atoms with Crippen LogP contribution in [-0.4, -0.2) is 53.6 Å². The van der Waals surface area contributed by atoms with Gasteiger partial charge in [-0.15, -0.1) is 0 Å². The number of hydrogen-bond donors (Lipinski definition) is 3. The molecule has 7 heteroatoms. The van der Waals surface area contributed by atoms with Gasteiger partial charge in [0.1, 0.15) is 6.04 Å². The van der Waals surface area contributed by atoms with Crippen LogP contribution in [0.3, 0.4) is 0 Å². The van der Waals surface area contributed by atoms with Crippen LogP contribution in [0.2, 0.25) is 0 Å². The van der Waals surface area contributed by atoms with E-state index in [4.69, 9.17) is 5.11 Å². The lowest BCUT2D eigenvalue weighted by molar-refractivity contribution is -0.139. The van der Waals surface area contributed by atoms with Crippen molar-refractivity contribution in [2.75, 3.05) is 19.6 Å². The van der Waals surface area contributed by atoms with Crippen molar-refractivity contribution in [2.24, 2.45) is 5.92 Å². The van der Waals surface area contributed by atoms with E-state index in [0.29, 0.717) is 6.42 Å². The normalized spacial score (nSPS) is 15.9. The van der Waals surface area contributed by atoms with E-state index in [-0.39, 0.29) is 24.8 Å². The molecule has 1 fully saturated rings. The molecule has 1 rings (SSSR count). The summed E-state index contributed by atoms with van der Waals surface area (Å²) >= 11 is 0. The van der Waals surface area contributed by atoms with E-state index in [9.17, 15) is 14.4 Å². The fourth-order valence-corrected chi connectivity index (χ4v) is 2.31. The Balaban J connectivity index is 2.25. The van der Waals surface area contributed by atoms with Gasteiger partial charge in [0.25, 0.3) is 0 Å². The number of likely N-dealkylation sites (tertiary alicyclic amines) is 1. The van der Waals surface area contributed by atoms with Crippen molar-refractivity contribution in [2.45, 2.75) is 45.6 Å². The molecule has 7 nitrogen and oxygen atoms in total. The standard InChI is InChI=1S/C14H25N3O4/c1-10(2)9-11(13(19)20)16-14(21)15-6-5-12(18)17-7-3-4-8-17/h10-11H,3-9H2,1-2H3,(H,19,20)(H2,15,16,21)/t11-/m1/s1. The maximum atomic E-state index is 11.8. The minimum absolute atomic E-state index is 0.0322. The van der Waals surface area contributed by atoms with Gasteiger partial charge >= 0.3 is 12.0 Å². The predicted molar refractivity (Wildman–Crippen MR) is 77.8 cm³/mol. The Labute approximate surface area is 125 Å². The van der Waals surface area contributed by atoms with Crippen molar-refractivity contribution in [3.05, 3.63) is 0 Å². The molecule has 1 atom stereocenters. The molecule has 1 saturated heterocycles. The Hall–Kier alpha value is -1.79. The second-order valence-corrected chi connectivity index (χ2v) is 5.76. The average Bonchev–Trinajstić information content (AvgIpc) is 2.91. The molecule has 120 valence electrons. The molecule has 3 N–H and O–H groups in total. The summed E-state index contributed by atoms with van der Waals surface area (Å²) in [5.41, 5.74) is 0. The molecule has 0 unspecified atom stereocenters. The van der Waals surface area contributed by atoms with Crippen molar-refractivity contribution < 1.29 is 19.5 Å². The molecule has 1 aliphatic rings. The fourth-order valence-electron chi connectivity index (χ4n) is 2.31. The molecule has 0 bridgehead atoms. The van der Waals surface area contributed by atoms with Crippen molar-refractivity contribution in [1.29, 1.82) is 0 Å². The van der Waals surface area contributed by atoms with Gasteiger partial charge in [-0.3, -0.25) is 4.79 Å². The lowest BCUT2D eigenvalue weighted by Gasteiger charge is -2.18. The van der Waals surface area contributed by atoms with Crippen LogP contribution in [0.4, 0.5) is 4.79 Å². The molecule has 0 spiro atoms. The molecule has 0 aromatic rings. The number of aliphatic carboxylic acids is 1. The van der Waals surface area contributed by atoms with Gasteiger partial charge in [0, 0.05) is 26.1 Å². The summed E-state index contributed by atoms with van der Waals surface area (Å²) in [6, 6.07) is -1.45. The van der Waals surface area contributed by atoms with Crippen LogP contribution in [0.5, 0.6) is 0 Å². The van der Waals surface area contributed by atoms with Gasteiger partial charge in [-0.2, -0.15) is 0 Å². The highest BCUT2D eigenvalue weighted by Crippen LogP contribution is 2.08. The number of rotatable bonds is 7. The third-order valence-corrected chi connectivity index (χ3v) is 3.39. The lowest BCUT2D eigenvalue weighted by Crippen LogP contribution is -2.47. The number of carbonyl (C=O) groups excluding carboxylic acids is 2. The van der Waals surface area contributed by atoms with Crippen LogP contribution < -0.4 is 10.6 Å². The third kappa shape index (κ3) is 6.46. The summed E-state index contributed by atoms with van der Waals surface area (Å²) in [5, 5.41) is 14.0. The van der Waals surface area contributed by atoms with E-state index in [1.165, 1.54) is 0 Å². The Morgan fingerprint density at radius 3 is 2.33 bits per heavy atom. The third-order valence-electron chi connectivity index (χ3n) is 3.39. The molecule has 3 amide bonds. The zero-order valence-electron chi connectivity index (χ0n) is 12.7. The number of nitrogens with zero attached hydrogens (tertiary/aromatic N) is 1. The van der Waals surface area contributed by atoms with Crippen molar-refractivity contribution >= 4 is 17.9 Å². The summed E-state index contributed by atoms with van der Waals surface area (Å²) in [5.74, 6) is -0.847. The molecule has 0 aliphatic carbocycles. The van der Waals surface area contributed by atoms with Crippen LogP contribution in [0.25, 0.3) is 0 Å². The van der Waals surface area contributed by atoms with Crippen LogP contribution in [0.15, 0.2) is 0 Å². The van der Waals surface area contributed by atoms with Crippen molar-refractivity contribution in [1.82, 2.24) is 15.5 Å². The first-order valence-corrected chi connectivity index (χ1v) is 7.45. The molecule has 0 radical (unpaired) electrons. The minimum atomic E-state index is -1.05. The van der Waals surface area contributed by atoms with Gasteiger partial charge in [-0.1, -0.05) is 13.8 Å². The molecule has 1 heterocycles. The highest BCUT2D eigenvalue weighted by atomic mass is 16.4. The van der Waals surface area contributed by atoms with Crippen LogP contribution in [0.1, 0.15) is 39.5 Å². The highest BCUT2D eigenvalue weighted by Gasteiger charge is 2.21. The number of urea groups is 1. The highest BCUT2D eigenvalue weighted by molar-refractivity contribution is 5.83. The van der Waals surface area contributed by atoms with Gasteiger partial charge in [0.2, 0.25) is 5.91 Å². The van der Waals surface area contributed by atoms with E-state index in [1.807, 2.05) is 13.8 Å². The van der Waals surface area contributed by atoms with Gasteiger partial charge in [0.05, 0.1) is 0 Å². The first-order chi connectivity index (χ1) is 9.90. The van der Waals surface area contributed by atoms with Gasteiger partial charge in [0.15, 0.2) is 0 Å². The second kappa shape index (κ2) is 8.49. The van der Waals surface area contributed by atoms with Gasteiger partial charge in [-0.05, 0) is 25.2 Å². The smallest absolute Gasteiger partial charge is 0.326 e. The SMILES string of the molecule is CC(C)C[C@@H](NC(=O)NCCC(=O)N1CCCC1)C(=O)O. The maximum Gasteiger partial charge on any atom is 0.326 e. The minimum Gasteiger partial charge on any atom is -0.480 e.